The summed E-state index contributed by atoms with van der Waals surface area (Å²) in [5.41, 5.74) is 10.6. The predicted octanol–water partition coefficient (Wildman–Crippen LogP) is 3.54. The molecule has 3 aromatic heterocycles. The molecule has 6 nitrogen and oxygen atoms in total. The first-order chi connectivity index (χ1) is 12.6. The van der Waals surface area contributed by atoms with Crippen molar-refractivity contribution in [1.29, 1.82) is 0 Å². The predicted molar refractivity (Wildman–Crippen MR) is 102 cm³/mol. The van der Waals surface area contributed by atoms with Crippen LogP contribution in [0.1, 0.15) is 15.9 Å². The Morgan fingerprint density at radius 2 is 1.85 bits per heavy atom. The minimum absolute atomic E-state index is 0.228. The maximum absolute atomic E-state index is 12.2. The van der Waals surface area contributed by atoms with Gasteiger partial charge in [0.1, 0.15) is 11.5 Å². The summed E-state index contributed by atoms with van der Waals surface area (Å²) in [6.45, 7) is 2.05. The van der Waals surface area contributed by atoms with Crippen molar-refractivity contribution in [3.63, 3.8) is 0 Å². The number of nitrogens with two attached hydrogens (primary N) is 1. The summed E-state index contributed by atoms with van der Waals surface area (Å²) in [5, 5.41) is 2.85. The highest BCUT2D eigenvalue weighted by atomic mass is 16.1. The first kappa shape index (κ1) is 15.8. The molecule has 1 amide bonds. The second-order valence-corrected chi connectivity index (χ2v) is 6.10. The number of benzene rings is 1. The Morgan fingerprint density at radius 1 is 1.04 bits per heavy atom. The number of fused-ring (bicyclic) bond motifs is 1. The fourth-order valence-electron chi connectivity index (χ4n) is 2.71. The number of carbonyl (C=O) groups excluding carboxylic acids is 1. The minimum atomic E-state index is -0.228. The Bertz CT molecular complexity index is 1080. The van der Waals surface area contributed by atoms with Gasteiger partial charge in [0.2, 0.25) is 0 Å². The van der Waals surface area contributed by atoms with Crippen molar-refractivity contribution >= 4 is 23.1 Å². The zero-order valence-electron chi connectivity index (χ0n) is 14.2. The SMILES string of the molecule is Cc1ccc2nc(-c3ccc(NC(=O)c4ccc(N)nc4)cc3)cn2c1. The highest BCUT2D eigenvalue weighted by Gasteiger charge is 2.08. The van der Waals surface area contributed by atoms with Crippen molar-refractivity contribution in [1.82, 2.24) is 14.4 Å². The third-order valence-electron chi connectivity index (χ3n) is 4.09. The molecule has 6 heteroatoms. The summed E-state index contributed by atoms with van der Waals surface area (Å²) >= 11 is 0. The molecular formula is C20H17N5O. The second kappa shape index (κ2) is 6.33. The van der Waals surface area contributed by atoms with Crippen molar-refractivity contribution < 1.29 is 4.79 Å². The van der Waals surface area contributed by atoms with Gasteiger partial charge in [-0.1, -0.05) is 18.2 Å². The number of nitrogen functional groups attached to an aromatic ring is 1. The molecule has 4 rings (SSSR count). The molecule has 1 aromatic carbocycles. The molecule has 0 saturated carbocycles. The first-order valence-corrected chi connectivity index (χ1v) is 8.17. The molecule has 3 heterocycles. The third-order valence-corrected chi connectivity index (χ3v) is 4.09. The molecule has 0 spiro atoms. The van der Waals surface area contributed by atoms with E-state index in [9.17, 15) is 4.79 Å². The summed E-state index contributed by atoms with van der Waals surface area (Å²) < 4.78 is 2.01. The van der Waals surface area contributed by atoms with Crippen molar-refractivity contribution in [3.05, 3.63) is 78.2 Å². The van der Waals surface area contributed by atoms with E-state index in [0.29, 0.717) is 17.1 Å². The number of nitrogens with one attached hydrogen (secondary N) is 1. The number of amides is 1. The van der Waals surface area contributed by atoms with Crippen LogP contribution in [0.25, 0.3) is 16.9 Å². The average Bonchev–Trinajstić information content (AvgIpc) is 3.06. The number of hydrogen-bond acceptors (Lipinski definition) is 4. The van der Waals surface area contributed by atoms with Gasteiger partial charge >= 0.3 is 0 Å². The number of aromatic nitrogens is 3. The van der Waals surface area contributed by atoms with Gasteiger partial charge in [0, 0.05) is 29.8 Å². The molecular weight excluding hydrogens is 326 g/mol. The van der Waals surface area contributed by atoms with Gasteiger partial charge in [-0.15, -0.1) is 0 Å². The van der Waals surface area contributed by atoms with Crippen molar-refractivity contribution in [3.8, 4) is 11.3 Å². The Morgan fingerprint density at radius 3 is 2.58 bits per heavy atom. The number of aryl methyl sites for hydroxylation is 1. The Hall–Kier alpha value is -3.67. The van der Waals surface area contributed by atoms with Gasteiger partial charge in [-0.25, -0.2) is 9.97 Å². The average molecular weight is 343 g/mol. The Labute approximate surface area is 150 Å². The molecule has 26 heavy (non-hydrogen) atoms. The second-order valence-electron chi connectivity index (χ2n) is 6.10. The summed E-state index contributed by atoms with van der Waals surface area (Å²) in [7, 11) is 0. The van der Waals surface area contributed by atoms with E-state index in [0.717, 1.165) is 16.9 Å². The molecule has 0 bridgehead atoms. The molecule has 0 aliphatic heterocycles. The third kappa shape index (κ3) is 3.12. The van der Waals surface area contributed by atoms with Gasteiger partial charge in [-0.2, -0.15) is 0 Å². The maximum Gasteiger partial charge on any atom is 0.257 e. The van der Waals surface area contributed by atoms with Crippen molar-refractivity contribution in [2.24, 2.45) is 0 Å². The van der Waals surface area contributed by atoms with E-state index in [4.69, 9.17) is 5.73 Å². The van der Waals surface area contributed by atoms with Gasteiger partial charge in [0.05, 0.1) is 11.3 Å². The van der Waals surface area contributed by atoms with Crippen molar-refractivity contribution in [2.45, 2.75) is 6.92 Å². The zero-order valence-corrected chi connectivity index (χ0v) is 14.2. The number of hydrogen-bond donors (Lipinski definition) is 2. The van der Waals surface area contributed by atoms with Crippen LogP contribution in [-0.4, -0.2) is 20.3 Å². The molecule has 0 unspecified atom stereocenters. The fourth-order valence-corrected chi connectivity index (χ4v) is 2.71. The van der Waals surface area contributed by atoms with Crippen LogP contribution in [-0.2, 0) is 0 Å². The van der Waals surface area contributed by atoms with Gasteiger partial charge in [-0.3, -0.25) is 4.79 Å². The topological polar surface area (TPSA) is 85.3 Å². The van der Waals surface area contributed by atoms with Gasteiger partial charge in [-0.05, 0) is 42.8 Å². The Kier molecular flexibility index (Phi) is 3.85. The molecule has 3 N–H and O–H groups in total. The van der Waals surface area contributed by atoms with Crippen LogP contribution >= 0.6 is 0 Å². The monoisotopic (exact) mass is 343 g/mol. The van der Waals surface area contributed by atoms with Crippen LogP contribution in [0.2, 0.25) is 0 Å². The highest BCUT2D eigenvalue weighted by molar-refractivity contribution is 6.04. The number of imidazole rings is 1. The summed E-state index contributed by atoms with van der Waals surface area (Å²) in [5.74, 6) is 0.155. The molecule has 0 aliphatic rings. The number of nitrogens with zero attached hydrogens (tertiary/aromatic N) is 3. The quantitative estimate of drug-likeness (QED) is 0.596. The number of pyridine rings is 2. The van der Waals surface area contributed by atoms with Crippen LogP contribution in [0.5, 0.6) is 0 Å². The van der Waals surface area contributed by atoms with E-state index in [-0.39, 0.29) is 5.91 Å². The summed E-state index contributed by atoms with van der Waals surface area (Å²) in [6, 6.07) is 14.9. The Balaban J connectivity index is 1.54. The minimum Gasteiger partial charge on any atom is -0.384 e. The lowest BCUT2D eigenvalue weighted by Crippen LogP contribution is -2.12. The van der Waals surface area contributed by atoms with E-state index in [1.807, 2.05) is 60.1 Å². The van der Waals surface area contributed by atoms with Crippen molar-refractivity contribution in [2.75, 3.05) is 11.1 Å². The largest absolute Gasteiger partial charge is 0.384 e. The highest BCUT2D eigenvalue weighted by Crippen LogP contribution is 2.22. The van der Waals surface area contributed by atoms with E-state index in [1.54, 1.807) is 12.1 Å². The molecule has 0 saturated heterocycles. The van der Waals surface area contributed by atoms with Gasteiger partial charge in [0.15, 0.2) is 0 Å². The van der Waals surface area contributed by atoms with Crippen LogP contribution in [0.15, 0.2) is 67.1 Å². The number of rotatable bonds is 3. The first-order valence-electron chi connectivity index (χ1n) is 8.17. The van der Waals surface area contributed by atoms with Gasteiger partial charge in [0.25, 0.3) is 5.91 Å². The molecule has 0 atom stereocenters. The summed E-state index contributed by atoms with van der Waals surface area (Å²) in [6.07, 6.45) is 5.49. The molecule has 4 aromatic rings. The zero-order chi connectivity index (χ0) is 18.1. The molecule has 128 valence electrons. The van der Waals surface area contributed by atoms with Crippen LogP contribution in [0.4, 0.5) is 11.5 Å². The van der Waals surface area contributed by atoms with E-state index in [1.165, 1.54) is 11.8 Å². The fraction of sp³-hybridized carbons (Fsp3) is 0.0500. The molecule has 0 aliphatic carbocycles. The van der Waals surface area contributed by atoms with Crippen LogP contribution < -0.4 is 11.1 Å². The molecule has 0 radical (unpaired) electrons. The number of anilines is 2. The molecule has 0 fully saturated rings. The van der Waals surface area contributed by atoms with E-state index in [2.05, 4.69) is 15.3 Å². The smallest absolute Gasteiger partial charge is 0.257 e. The van der Waals surface area contributed by atoms with Gasteiger partial charge < -0.3 is 15.5 Å². The lowest BCUT2D eigenvalue weighted by Gasteiger charge is -2.06. The summed E-state index contributed by atoms with van der Waals surface area (Å²) in [4.78, 5) is 20.8. The number of carbonyl (C=O) groups is 1. The van der Waals surface area contributed by atoms with Crippen LogP contribution in [0.3, 0.4) is 0 Å². The van der Waals surface area contributed by atoms with E-state index < -0.39 is 0 Å². The lowest BCUT2D eigenvalue weighted by molar-refractivity contribution is 0.102. The maximum atomic E-state index is 12.2. The standard InChI is InChI=1S/C20H17N5O/c1-13-2-9-19-24-17(12-25(19)11-13)14-3-6-16(7-4-14)23-20(26)15-5-8-18(21)22-10-15/h2-12H,1H3,(H2,21,22)(H,23,26). The van der Waals surface area contributed by atoms with E-state index >= 15 is 0 Å². The van der Waals surface area contributed by atoms with Crippen LogP contribution in [0, 0.1) is 6.92 Å². The lowest BCUT2D eigenvalue weighted by atomic mass is 10.1. The normalized spacial score (nSPS) is 10.8.